The Morgan fingerprint density at radius 2 is 1.90 bits per heavy atom. The van der Waals surface area contributed by atoms with Crippen LogP contribution in [0.3, 0.4) is 0 Å². The van der Waals surface area contributed by atoms with Crippen molar-refractivity contribution in [3.05, 3.63) is 70.4 Å². The molecular weight excluding hydrogens is 393 g/mol. The molecule has 0 fully saturated rings. The van der Waals surface area contributed by atoms with Crippen LogP contribution in [-0.2, 0) is 4.79 Å². The first-order chi connectivity index (χ1) is 14.4. The van der Waals surface area contributed by atoms with Crippen LogP contribution in [0.25, 0.3) is 11.4 Å². The Morgan fingerprint density at radius 1 is 1.20 bits per heavy atom. The summed E-state index contributed by atoms with van der Waals surface area (Å²) < 4.78 is 18.2. The number of carbonyl (C=O) groups excluding carboxylic acids is 1. The Labute approximate surface area is 171 Å². The largest absolute Gasteiger partial charge is 0.385 e. The van der Waals surface area contributed by atoms with Gasteiger partial charge in [0.1, 0.15) is 11.9 Å². The highest BCUT2D eigenvalue weighted by molar-refractivity contribution is 5.76. The number of hydrogen-bond donors (Lipinski definition) is 2. The Kier molecular flexibility index (Phi) is 6.68. The summed E-state index contributed by atoms with van der Waals surface area (Å²) in [5.41, 5.74) is 1.38. The molecule has 3 rings (SSSR count). The van der Waals surface area contributed by atoms with Gasteiger partial charge in [-0.2, -0.15) is 4.98 Å². The molecule has 0 aliphatic rings. The molecular formula is C20H20FN5O4. The van der Waals surface area contributed by atoms with E-state index in [1.165, 1.54) is 24.3 Å². The minimum atomic E-state index is -0.471. The van der Waals surface area contributed by atoms with Gasteiger partial charge in [0.15, 0.2) is 0 Å². The maximum absolute atomic E-state index is 13.0. The summed E-state index contributed by atoms with van der Waals surface area (Å²) in [6.45, 7) is 2.27. The topological polar surface area (TPSA) is 123 Å². The smallest absolute Gasteiger partial charge is 0.269 e. The van der Waals surface area contributed by atoms with Crippen LogP contribution >= 0.6 is 0 Å². The lowest BCUT2D eigenvalue weighted by Gasteiger charge is -2.10. The van der Waals surface area contributed by atoms with Gasteiger partial charge in [-0.25, -0.2) is 4.39 Å². The van der Waals surface area contributed by atoms with Crippen molar-refractivity contribution < 1.29 is 18.6 Å². The molecule has 0 bridgehead atoms. The summed E-state index contributed by atoms with van der Waals surface area (Å²) >= 11 is 0. The van der Waals surface area contributed by atoms with Crippen LogP contribution in [0.4, 0.5) is 15.8 Å². The van der Waals surface area contributed by atoms with Crippen LogP contribution in [0, 0.1) is 15.9 Å². The lowest BCUT2D eigenvalue weighted by molar-refractivity contribution is -0.384. The summed E-state index contributed by atoms with van der Waals surface area (Å²) in [7, 11) is 0. The monoisotopic (exact) mass is 413 g/mol. The van der Waals surface area contributed by atoms with Gasteiger partial charge in [0.05, 0.1) is 4.92 Å². The fraction of sp³-hybridized carbons (Fsp3) is 0.250. The average Bonchev–Trinajstić information content (AvgIpc) is 3.22. The van der Waals surface area contributed by atoms with Gasteiger partial charge in [0.25, 0.3) is 5.69 Å². The summed E-state index contributed by atoms with van der Waals surface area (Å²) in [5.74, 6) is 0.0470. The summed E-state index contributed by atoms with van der Waals surface area (Å²) in [5, 5.41) is 20.4. The molecule has 1 atom stereocenters. The first-order valence-electron chi connectivity index (χ1n) is 9.29. The molecule has 1 unspecified atom stereocenters. The van der Waals surface area contributed by atoms with Gasteiger partial charge in [-0.3, -0.25) is 14.9 Å². The molecule has 3 aromatic rings. The van der Waals surface area contributed by atoms with Gasteiger partial charge in [-0.15, -0.1) is 0 Å². The Morgan fingerprint density at radius 3 is 2.57 bits per heavy atom. The number of nitro benzene ring substituents is 1. The summed E-state index contributed by atoms with van der Waals surface area (Å²) in [6, 6.07) is 11.3. The van der Waals surface area contributed by atoms with E-state index in [0.29, 0.717) is 24.4 Å². The fourth-order valence-electron chi connectivity index (χ4n) is 2.69. The van der Waals surface area contributed by atoms with Crippen LogP contribution in [0.2, 0.25) is 0 Å². The number of nitrogens with zero attached hydrogens (tertiary/aromatic N) is 3. The van der Waals surface area contributed by atoms with Crippen LogP contribution < -0.4 is 10.6 Å². The summed E-state index contributed by atoms with van der Waals surface area (Å²) in [6.07, 6.45) is 0.851. The normalized spacial score (nSPS) is 11.7. The molecule has 0 radical (unpaired) electrons. The van der Waals surface area contributed by atoms with E-state index in [4.69, 9.17) is 4.52 Å². The first-order valence-corrected chi connectivity index (χ1v) is 9.29. The molecule has 1 amide bonds. The van der Waals surface area contributed by atoms with Crippen molar-refractivity contribution in [3.8, 4) is 11.4 Å². The number of amides is 1. The number of non-ortho nitro benzene ring substituents is 1. The number of halogens is 1. The third kappa shape index (κ3) is 5.60. The highest BCUT2D eigenvalue weighted by atomic mass is 19.1. The Hall–Kier alpha value is -3.82. The highest BCUT2D eigenvalue weighted by Gasteiger charge is 2.17. The minimum absolute atomic E-state index is 0.0255. The van der Waals surface area contributed by atoms with Gasteiger partial charge >= 0.3 is 0 Å². The lowest BCUT2D eigenvalue weighted by Crippen LogP contribution is -2.27. The second-order valence-electron chi connectivity index (χ2n) is 6.59. The fourth-order valence-corrected chi connectivity index (χ4v) is 2.69. The number of nitro groups is 1. The number of hydrogen-bond acceptors (Lipinski definition) is 7. The van der Waals surface area contributed by atoms with E-state index in [-0.39, 0.29) is 29.7 Å². The van der Waals surface area contributed by atoms with Crippen molar-refractivity contribution in [1.82, 2.24) is 15.5 Å². The van der Waals surface area contributed by atoms with E-state index < -0.39 is 11.0 Å². The van der Waals surface area contributed by atoms with E-state index in [9.17, 15) is 19.3 Å². The van der Waals surface area contributed by atoms with Gasteiger partial charge in [-0.1, -0.05) is 5.16 Å². The van der Waals surface area contributed by atoms with Crippen molar-refractivity contribution in [2.24, 2.45) is 0 Å². The lowest BCUT2D eigenvalue weighted by atomic mass is 10.2. The molecule has 0 aliphatic carbocycles. The number of rotatable bonds is 9. The zero-order valence-corrected chi connectivity index (χ0v) is 16.2. The van der Waals surface area contributed by atoms with Crippen molar-refractivity contribution in [3.63, 3.8) is 0 Å². The molecule has 2 N–H and O–H groups in total. The molecule has 2 aromatic carbocycles. The van der Waals surface area contributed by atoms with E-state index in [2.05, 4.69) is 20.8 Å². The number of nitrogens with one attached hydrogen (secondary N) is 2. The highest BCUT2D eigenvalue weighted by Crippen LogP contribution is 2.19. The molecule has 156 valence electrons. The van der Waals surface area contributed by atoms with Crippen LogP contribution in [0.1, 0.15) is 31.7 Å². The SMILES string of the molecule is CC(NC(=O)CCCNc1ccc([N+](=O)[O-])cc1)c1nc(-c2ccc(F)cc2)no1. The van der Waals surface area contributed by atoms with Gasteiger partial charge in [-0.05, 0) is 49.7 Å². The molecule has 1 aromatic heterocycles. The maximum atomic E-state index is 13.0. The third-order valence-corrected chi connectivity index (χ3v) is 4.28. The van der Waals surface area contributed by atoms with E-state index >= 15 is 0 Å². The number of benzene rings is 2. The quantitative estimate of drug-likeness (QED) is 0.310. The molecule has 1 heterocycles. The van der Waals surface area contributed by atoms with Gasteiger partial charge in [0.2, 0.25) is 17.6 Å². The van der Waals surface area contributed by atoms with Gasteiger partial charge in [0, 0.05) is 36.3 Å². The predicted molar refractivity (Wildman–Crippen MR) is 107 cm³/mol. The van der Waals surface area contributed by atoms with Crippen molar-refractivity contribution in [2.75, 3.05) is 11.9 Å². The average molecular weight is 413 g/mol. The Bertz CT molecular complexity index is 1000. The molecule has 30 heavy (non-hydrogen) atoms. The second-order valence-corrected chi connectivity index (χ2v) is 6.59. The van der Waals surface area contributed by atoms with Crippen LogP contribution in [0.15, 0.2) is 53.1 Å². The number of carbonyl (C=O) groups is 1. The molecule has 10 heteroatoms. The molecule has 0 saturated heterocycles. The molecule has 9 nitrogen and oxygen atoms in total. The molecule has 0 spiro atoms. The maximum Gasteiger partial charge on any atom is 0.269 e. The van der Waals surface area contributed by atoms with Gasteiger partial charge < -0.3 is 15.2 Å². The second kappa shape index (κ2) is 9.59. The number of aromatic nitrogens is 2. The third-order valence-electron chi connectivity index (χ3n) is 4.28. The van der Waals surface area contributed by atoms with E-state index in [0.717, 1.165) is 5.69 Å². The van der Waals surface area contributed by atoms with E-state index in [1.54, 1.807) is 31.2 Å². The zero-order chi connectivity index (χ0) is 21.5. The number of anilines is 1. The first kappa shape index (κ1) is 20.9. The molecule has 0 saturated carbocycles. The van der Waals surface area contributed by atoms with Crippen molar-refractivity contribution >= 4 is 17.3 Å². The molecule has 0 aliphatic heterocycles. The summed E-state index contributed by atoms with van der Waals surface area (Å²) in [4.78, 5) is 26.5. The van der Waals surface area contributed by atoms with Crippen molar-refractivity contribution in [2.45, 2.75) is 25.8 Å². The zero-order valence-electron chi connectivity index (χ0n) is 16.2. The van der Waals surface area contributed by atoms with E-state index in [1.807, 2.05) is 0 Å². The predicted octanol–water partition coefficient (Wildman–Crippen LogP) is 3.85. The van der Waals surface area contributed by atoms with Crippen LogP contribution in [0.5, 0.6) is 0 Å². The Balaban J connectivity index is 1.42. The van der Waals surface area contributed by atoms with Crippen molar-refractivity contribution in [1.29, 1.82) is 0 Å². The minimum Gasteiger partial charge on any atom is -0.385 e. The standard InChI is InChI=1S/C20H20FN5O4/c1-13(20-24-19(25-30-20)14-4-6-15(21)7-5-14)23-18(27)3-2-12-22-16-8-10-17(11-9-16)26(28)29/h4-11,13,22H,2-3,12H2,1H3,(H,23,27). The van der Waals surface area contributed by atoms with Crippen LogP contribution in [-0.4, -0.2) is 27.5 Å².